The Labute approximate surface area is 139 Å². The van der Waals surface area contributed by atoms with Crippen LogP contribution in [-0.2, 0) is 4.79 Å². The first-order chi connectivity index (χ1) is 11.0. The first kappa shape index (κ1) is 21.8. The molecular formula is C18H32O5. The number of unbranched alkanes of at least 4 members (excludes halogenated alkanes) is 4. The minimum absolute atomic E-state index is 0.210. The molecule has 0 aliphatic heterocycles. The summed E-state index contributed by atoms with van der Waals surface area (Å²) in [5, 5.41) is 37.8. The summed E-state index contributed by atoms with van der Waals surface area (Å²) in [5.74, 6) is -0.761. The lowest BCUT2D eigenvalue weighted by molar-refractivity contribution is -0.137. The third-order valence-corrected chi connectivity index (χ3v) is 3.60. The van der Waals surface area contributed by atoms with E-state index in [1.807, 2.05) is 19.1 Å². The maximum atomic E-state index is 10.3. The molecule has 0 aliphatic rings. The second-order valence-corrected chi connectivity index (χ2v) is 5.83. The smallest absolute Gasteiger partial charge is 0.303 e. The minimum atomic E-state index is -0.966. The summed E-state index contributed by atoms with van der Waals surface area (Å²) in [6.45, 7) is 2.02. The lowest BCUT2D eigenvalue weighted by atomic mass is 10.0. The quantitative estimate of drug-likeness (QED) is 0.290. The SMILES string of the molecule is CC/C=C\C[C@H](O)/C=C/[C@@H](O)[C@@H](O)CCCCCCCC(=O)O. The average molecular weight is 328 g/mol. The molecule has 0 aromatic rings. The summed E-state index contributed by atoms with van der Waals surface area (Å²) in [7, 11) is 0. The fourth-order valence-corrected chi connectivity index (χ4v) is 2.18. The number of carbonyl (C=O) groups is 1. The Morgan fingerprint density at radius 1 is 0.957 bits per heavy atom. The molecule has 0 radical (unpaired) electrons. The van der Waals surface area contributed by atoms with E-state index in [1.54, 1.807) is 0 Å². The van der Waals surface area contributed by atoms with Crippen molar-refractivity contribution in [2.24, 2.45) is 0 Å². The van der Waals surface area contributed by atoms with Crippen molar-refractivity contribution in [2.45, 2.75) is 83.0 Å². The Morgan fingerprint density at radius 3 is 2.26 bits per heavy atom. The molecular weight excluding hydrogens is 296 g/mol. The molecule has 0 fully saturated rings. The summed E-state index contributed by atoms with van der Waals surface area (Å²) >= 11 is 0. The monoisotopic (exact) mass is 328 g/mol. The lowest BCUT2D eigenvalue weighted by Crippen LogP contribution is -2.24. The summed E-state index contributed by atoms with van der Waals surface area (Å²) < 4.78 is 0. The van der Waals surface area contributed by atoms with Crippen molar-refractivity contribution >= 4 is 5.97 Å². The zero-order valence-corrected chi connectivity index (χ0v) is 14.1. The van der Waals surface area contributed by atoms with Gasteiger partial charge in [0.1, 0.15) is 0 Å². The highest BCUT2D eigenvalue weighted by atomic mass is 16.4. The van der Waals surface area contributed by atoms with Gasteiger partial charge in [-0.2, -0.15) is 0 Å². The van der Waals surface area contributed by atoms with Gasteiger partial charge >= 0.3 is 5.97 Å². The topological polar surface area (TPSA) is 98.0 Å². The van der Waals surface area contributed by atoms with Crippen molar-refractivity contribution < 1.29 is 25.2 Å². The fraction of sp³-hybridized carbons (Fsp3) is 0.722. The predicted molar refractivity (Wildman–Crippen MR) is 91.2 cm³/mol. The van der Waals surface area contributed by atoms with E-state index < -0.39 is 24.3 Å². The van der Waals surface area contributed by atoms with Crippen molar-refractivity contribution in [1.29, 1.82) is 0 Å². The van der Waals surface area contributed by atoms with Crippen molar-refractivity contribution in [3.8, 4) is 0 Å². The molecule has 0 aromatic carbocycles. The number of aliphatic carboxylic acids is 1. The van der Waals surface area contributed by atoms with Gasteiger partial charge in [-0.3, -0.25) is 4.79 Å². The highest BCUT2D eigenvalue weighted by Gasteiger charge is 2.13. The number of rotatable bonds is 14. The van der Waals surface area contributed by atoms with E-state index in [9.17, 15) is 20.1 Å². The third kappa shape index (κ3) is 14.2. The van der Waals surface area contributed by atoms with Gasteiger partial charge in [-0.1, -0.05) is 56.9 Å². The van der Waals surface area contributed by atoms with Crippen LogP contribution in [0.3, 0.4) is 0 Å². The molecule has 0 amide bonds. The van der Waals surface area contributed by atoms with Crippen molar-refractivity contribution in [3.63, 3.8) is 0 Å². The number of aliphatic hydroxyl groups is 3. The minimum Gasteiger partial charge on any atom is -0.481 e. The molecule has 0 rings (SSSR count). The van der Waals surface area contributed by atoms with Crippen LogP contribution in [0.25, 0.3) is 0 Å². The van der Waals surface area contributed by atoms with Gasteiger partial charge in [0.25, 0.3) is 0 Å². The van der Waals surface area contributed by atoms with Gasteiger partial charge in [0.05, 0.1) is 18.3 Å². The molecule has 4 N–H and O–H groups in total. The molecule has 0 spiro atoms. The van der Waals surface area contributed by atoms with Gasteiger partial charge in [0.15, 0.2) is 0 Å². The van der Waals surface area contributed by atoms with Crippen LogP contribution in [0.2, 0.25) is 0 Å². The normalized spacial score (nSPS) is 16.0. The van der Waals surface area contributed by atoms with Crippen LogP contribution in [0.4, 0.5) is 0 Å². The summed E-state index contributed by atoms with van der Waals surface area (Å²) in [4.78, 5) is 10.3. The molecule has 0 saturated heterocycles. The van der Waals surface area contributed by atoms with Crippen LogP contribution in [0.1, 0.15) is 64.7 Å². The Kier molecular flexibility index (Phi) is 13.7. The molecule has 5 heteroatoms. The highest BCUT2D eigenvalue weighted by molar-refractivity contribution is 5.66. The Morgan fingerprint density at radius 2 is 1.61 bits per heavy atom. The van der Waals surface area contributed by atoms with Crippen LogP contribution >= 0.6 is 0 Å². The second-order valence-electron chi connectivity index (χ2n) is 5.83. The molecule has 0 aromatic heterocycles. The van der Waals surface area contributed by atoms with Crippen molar-refractivity contribution in [2.75, 3.05) is 0 Å². The molecule has 23 heavy (non-hydrogen) atoms. The van der Waals surface area contributed by atoms with E-state index >= 15 is 0 Å². The summed E-state index contributed by atoms with van der Waals surface area (Å²) in [5.41, 5.74) is 0. The molecule has 0 aliphatic carbocycles. The molecule has 5 nitrogen and oxygen atoms in total. The van der Waals surface area contributed by atoms with E-state index in [1.165, 1.54) is 12.2 Å². The Bertz CT molecular complexity index is 351. The molecule has 0 heterocycles. The zero-order valence-electron chi connectivity index (χ0n) is 14.1. The Hall–Kier alpha value is -1.17. The van der Waals surface area contributed by atoms with E-state index in [-0.39, 0.29) is 6.42 Å². The summed E-state index contributed by atoms with van der Waals surface area (Å²) in [6, 6.07) is 0. The van der Waals surface area contributed by atoms with E-state index in [4.69, 9.17) is 5.11 Å². The molecule has 3 atom stereocenters. The number of carboxylic acids is 1. The zero-order chi connectivity index (χ0) is 17.5. The van der Waals surface area contributed by atoms with Gasteiger partial charge in [-0.05, 0) is 25.7 Å². The van der Waals surface area contributed by atoms with E-state index in [0.717, 1.165) is 32.1 Å². The largest absolute Gasteiger partial charge is 0.481 e. The number of carboxylic acid groups (broad SMARTS) is 1. The molecule has 134 valence electrons. The van der Waals surface area contributed by atoms with Crippen LogP contribution in [-0.4, -0.2) is 44.7 Å². The first-order valence-electron chi connectivity index (χ1n) is 8.56. The first-order valence-corrected chi connectivity index (χ1v) is 8.56. The lowest BCUT2D eigenvalue weighted by Gasteiger charge is -2.14. The van der Waals surface area contributed by atoms with Gasteiger partial charge in [0, 0.05) is 6.42 Å². The van der Waals surface area contributed by atoms with E-state index in [0.29, 0.717) is 19.3 Å². The maximum Gasteiger partial charge on any atom is 0.303 e. The van der Waals surface area contributed by atoms with E-state index in [2.05, 4.69) is 0 Å². The standard InChI is InChI=1S/C18H32O5/c1-2-3-7-10-15(19)13-14-17(21)16(20)11-8-5-4-6-9-12-18(22)23/h3,7,13-17,19-21H,2,4-6,8-12H2,1H3,(H,22,23)/b7-3-,14-13+/t15-,16-,17+/m0/s1. The maximum absolute atomic E-state index is 10.3. The predicted octanol–water partition coefficient (Wildman–Crippen LogP) is 2.80. The highest BCUT2D eigenvalue weighted by Crippen LogP contribution is 2.11. The van der Waals surface area contributed by atoms with Crippen molar-refractivity contribution in [1.82, 2.24) is 0 Å². The molecule has 0 bridgehead atoms. The van der Waals surface area contributed by atoms with Crippen LogP contribution in [0.15, 0.2) is 24.3 Å². The van der Waals surface area contributed by atoms with Crippen LogP contribution in [0.5, 0.6) is 0 Å². The molecule has 0 saturated carbocycles. The van der Waals surface area contributed by atoms with Crippen molar-refractivity contribution in [3.05, 3.63) is 24.3 Å². The van der Waals surface area contributed by atoms with Gasteiger partial charge in [-0.15, -0.1) is 0 Å². The van der Waals surface area contributed by atoms with Gasteiger partial charge in [-0.25, -0.2) is 0 Å². The second kappa shape index (κ2) is 14.4. The van der Waals surface area contributed by atoms with Gasteiger partial charge in [0.2, 0.25) is 0 Å². The number of hydrogen-bond donors (Lipinski definition) is 4. The third-order valence-electron chi connectivity index (χ3n) is 3.60. The Balaban J connectivity index is 3.74. The van der Waals surface area contributed by atoms with Crippen LogP contribution in [0, 0.1) is 0 Å². The molecule has 0 unspecified atom stereocenters. The van der Waals surface area contributed by atoms with Gasteiger partial charge < -0.3 is 20.4 Å². The average Bonchev–Trinajstić information content (AvgIpc) is 2.51. The fourth-order valence-electron chi connectivity index (χ4n) is 2.18. The number of aliphatic hydroxyl groups excluding tert-OH is 3. The summed E-state index contributed by atoms with van der Waals surface area (Å²) in [6.07, 6.45) is 10.7. The number of allylic oxidation sites excluding steroid dienone is 1. The number of hydrogen-bond acceptors (Lipinski definition) is 4. The van der Waals surface area contributed by atoms with Crippen LogP contribution < -0.4 is 0 Å².